The monoisotopic (exact) mass is 366 g/mol. The van der Waals surface area contributed by atoms with Crippen LogP contribution in [0.25, 0.3) is 0 Å². The van der Waals surface area contributed by atoms with Crippen LogP contribution in [0.1, 0.15) is 48.7 Å². The van der Waals surface area contributed by atoms with E-state index in [1.54, 1.807) is 0 Å². The van der Waals surface area contributed by atoms with Crippen LogP contribution in [0.3, 0.4) is 0 Å². The van der Waals surface area contributed by atoms with Gasteiger partial charge in [-0.2, -0.15) is 0 Å². The van der Waals surface area contributed by atoms with E-state index in [9.17, 15) is 4.79 Å². The van der Waals surface area contributed by atoms with E-state index in [1.165, 1.54) is 12.8 Å². The molecule has 1 heterocycles. The largest absolute Gasteiger partial charge is 0.309 e. The first-order valence-corrected chi connectivity index (χ1v) is 8.33. The fourth-order valence-electron chi connectivity index (χ4n) is 2.92. The minimum Gasteiger partial charge on any atom is -0.309 e. The van der Waals surface area contributed by atoms with Gasteiger partial charge in [-0.25, -0.2) is 4.98 Å². The average Bonchev–Trinajstić information content (AvgIpc) is 2.96. The quantitative estimate of drug-likeness (QED) is 0.872. The number of benzene rings is 1. The van der Waals surface area contributed by atoms with Crippen LogP contribution in [-0.2, 0) is 6.42 Å². The Kier molecular flexibility index (Phi) is 4.45. The maximum Gasteiger partial charge on any atom is 0.265 e. The molecule has 1 aliphatic carbocycles. The Labute approximate surface area is 136 Å². The molecule has 1 saturated carbocycles. The highest BCUT2D eigenvalue weighted by Crippen LogP contribution is 2.35. The predicted octanol–water partition coefficient (Wildman–Crippen LogP) is 4.43. The van der Waals surface area contributed by atoms with Gasteiger partial charge in [0.2, 0.25) is 0 Å². The van der Waals surface area contributed by atoms with Crippen molar-refractivity contribution in [2.45, 2.75) is 38.0 Å². The summed E-state index contributed by atoms with van der Waals surface area (Å²) in [7, 11) is 0. The molecule has 0 aliphatic heterocycles. The number of halogens is 2. The lowest BCUT2D eigenvalue weighted by atomic mass is 10.0. The van der Waals surface area contributed by atoms with Crippen molar-refractivity contribution in [1.82, 2.24) is 9.97 Å². The Hall–Kier alpha value is -1.13. The first-order chi connectivity index (χ1) is 10.1. The smallest absolute Gasteiger partial charge is 0.265 e. The van der Waals surface area contributed by atoms with Crippen molar-refractivity contribution in [3.8, 4) is 0 Å². The zero-order valence-corrected chi connectivity index (χ0v) is 13.9. The van der Waals surface area contributed by atoms with E-state index < -0.39 is 0 Å². The van der Waals surface area contributed by atoms with Crippen LogP contribution in [0.15, 0.2) is 33.5 Å². The number of aromatic amines is 1. The van der Waals surface area contributed by atoms with E-state index in [-0.39, 0.29) is 5.56 Å². The summed E-state index contributed by atoms with van der Waals surface area (Å²) in [6, 6.07) is 7.64. The topological polar surface area (TPSA) is 45.8 Å². The Morgan fingerprint density at radius 3 is 2.81 bits per heavy atom. The number of hydrogen-bond acceptors (Lipinski definition) is 2. The van der Waals surface area contributed by atoms with Crippen LogP contribution in [0.5, 0.6) is 0 Å². The van der Waals surface area contributed by atoms with E-state index in [2.05, 4.69) is 20.9 Å². The number of aromatic nitrogens is 2. The highest BCUT2D eigenvalue weighted by atomic mass is 79.9. The molecular formula is C16H16BrClN2O. The number of H-pyrrole nitrogens is 1. The van der Waals surface area contributed by atoms with Crippen LogP contribution in [0.2, 0.25) is 5.02 Å². The van der Waals surface area contributed by atoms with E-state index in [1.807, 2.05) is 24.3 Å². The van der Waals surface area contributed by atoms with Gasteiger partial charge in [0.25, 0.3) is 5.56 Å². The van der Waals surface area contributed by atoms with Gasteiger partial charge in [0.1, 0.15) is 10.3 Å². The lowest BCUT2D eigenvalue weighted by Crippen LogP contribution is -2.17. The Bertz CT molecular complexity index is 708. The first-order valence-electron chi connectivity index (χ1n) is 7.16. The highest BCUT2D eigenvalue weighted by Gasteiger charge is 2.23. The van der Waals surface area contributed by atoms with Crippen molar-refractivity contribution >= 4 is 27.5 Å². The molecule has 1 aliphatic rings. The van der Waals surface area contributed by atoms with Crippen molar-refractivity contribution in [2.24, 2.45) is 0 Å². The van der Waals surface area contributed by atoms with Gasteiger partial charge in [0.05, 0.1) is 5.69 Å². The van der Waals surface area contributed by atoms with Crippen LogP contribution < -0.4 is 5.56 Å². The van der Waals surface area contributed by atoms with Crippen LogP contribution in [0.4, 0.5) is 0 Å². The molecule has 21 heavy (non-hydrogen) atoms. The van der Waals surface area contributed by atoms with E-state index >= 15 is 0 Å². The molecular weight excluding hydrogens is 352 g/mol. The summed E-state index contributed by atoms with van der Waals surface area (Å²) in [6.45, 7) is 0. The highest BCUT2D eigenvalue weighted by molar-refractivity contribution is 9.10. The molecule has 0 atom stereocenters. The molecule has 0 saturated heterocycles. The second kappa shape index (κ2) is 6.32. The number of rotatable bonds is 3. The maximum absolute atomic E-state index is 12.1. The minimum atomic E-state index is -0.0936. The molecule has 0 amide bonds. The average molecular weight is 368 g/mol. The van der Waals surface area contributed by atoms with Gasteiger partial charge < -0.3 is 4.98 Å². The summed E-state index contributed by atoms with van der Waals surface area (Å²) in [6.07, 6.45) is 5.25. The summed E-state index contributed by atoms with van der Waals surface area (Å²) >= 11 is 9.40. The van der Waals surface area contributed by atoms with Crippen LogP contribution >= 0.6 is 27.5 Å². The summed E-state index contributed by atoms with van der Waals surface area (Å²) in [5, 5.41) is 0.697. The summed E-state index contributed by atoms with van der Waals surface area (Å²) in [4.78, 5) is 19.7. The van der Waals surface area contributed by atoms with Crippen molar-refractivity contribution in [2.75, 3.05) is 0 Å². The summed E-state index contributed by atoms with van der Waals surface area (Å²) in [5.41, 5.74) is 1.86. The van der Waals surface area contributed by atoms with Gasteiger partial charge in [-0.15, -0.1) is 0 Å². The summed E-state index contributed by atoms with van der Waals surface area (Å²) < 4.78 is 0.587. The lowest BCUT2D eigenvalue weighted by Gasteiger charge is -2.12. The molecule has 3 rings (SSSR count). The van der Waals surface area contributed by atoms with Gasteiger partial charge >= 0.3 is 0 Å². The van der Waals surface area contributed by atoms with E-state index in [4.69, 9.17) is 16.6 Å². The molecule has 0 bridgehead atoms. The van der Waals surface area contributed by atoms with Crippen LogP contribution in [0, 0.1) is 0 Å². The normalized spacial score (nSPS) is 15.5. The van der Waals surface area contributed by atoms with E-state index in [0.717, 1.165) is 24.1 Å². The first kappa shape index (κ1) is 14.8. The zero-order chi connectivity index (χ0) is 14.8. The fourth-order valence-corrected chi connectivity index (χ4v) is 3.64. The van der Waals surface area contributed by atoms with Crippen molar-refractivity contribution in [3.05, 3.63) is 61.2 Å². The third kappa shape index (κ3) is 3.38. The van der Waals surface area contributed by atoms with Crippen molar-refractivity contribution in [1.29, 1.82) is 0 Å². The van der Waals surface area contributed by atoms with Gasteiger partial charge in [-0.3, -0.25) is 4.79 Å². The van der Waals surface area contributed by atoms with E-state index in [0.29, 0.717) is 27.7 Å². The van der Waals surface area contributed by atoms with Crippen molar-refractivity contribution in [3.63, 3.8) is 0 Å². The summed E-state index contributed by atoms with van der Waals surface area (Å²) in [5.74, 6) is 1.10. The Morgan fingerprint density at radius 1 is 1.33 bits per heavy atom. The second-order valence-electron chi connectivity index (χ2n) is 5.50. The van der Waals surface area contributed by atoms with Crippen molar-refractivity contribution < 1.29 is 0 Å². The molecule has 1 aromatic carbocycles. The van der Waals surface area contributed by atoms with Gasteiger partial charge in [-0.1, -0.05) is 36.6 Å². The Morgan fingerprint density at radius 2 is 2.10 bits per heavy atom. The fraction of sp³-hybridized carbons (Fsp3) is 0.375. The molecule has 1 aromatic heterocycles. The molecule has 0 spiro atoms. The predicted molar refractivity (Wildman–Crippen MR) is 88.0 cm³/mol. The molecule has 2 aromatic rings. The van der Waals surface area contributed by atoms with Gasteiger partial charge in [0, 0.05) is 17.4 Å². The standard InChI is InChI=1S/C16H16BrClN2O/c17-14-15(11-5-1-2-6-11)19-13(20-16(14)21)9-10-4-3-7-12(18)8-10/h3-4,7-8,11H,1-2,5-6,9H2,(H,19,20,21). The third-order valence-corrected chi connectivity index (χ3v) is 4.94. The SMILES string of the molecule is O=c1[nH]c(Cc2cccc(Cl)c2)nc(C2CCCC2)c1Br. The number of nitrogens with one attached hydrogen (secondary N) is 1. The molecule has 0 unspecified atom stereocenters. The van der Waals surface area contributed by atoms with Gasteiger partial charge in [0.15, 0.2) is 0 Å². The zero-order valence-electron chi connectivity index (χ0n) is 11.5. The second-order valence-corrected chi connectivity index (χ2v) is 6.73. The molecule has 1 N–H and O–H groups in total. The van der Waals surface area contributed by atoms with Gasteiger partial charge in [-0.05, 0) is 46.5 Å². The maximum atomic E-state index is 12.1. The minimum absolute atomic E-state index is 0.0936. The molecule has 1 fully saturated rings. The number of nitrogens with zero attached hydrogens (tertiary/aromatic N) is 1. The number of hydrogen-bond donors (Lipinski definition) is 1. The Balaban J connectivity index is 1.94. The molecule has 5 heteroatoms. The van der Waals surface area contributed by atoms with Crippen LogP contribution in [-0.4, -0.2) is 9.97 Å². The third-order valence-electron chi connectivity index (χ3n) is 3.94. The molecule has 0 radical (unpaired) electrons. The molecule has 110 valence electrons. The molecule has 3 nitrogen and oxygen atoms in total. The lowest BCUT2D eigenvalue weighted by molar-refractivity contribution is 0.677.